The van der Waals surface area contributed by atoms with Gasteiger partial charge in [0.1, 0.15) is 23.6 Å². The van der Waals surface area contributed by atoms with Gasteiger partial charge in [-0.15, -0.1) is 5.10 Å². The molecule has 3 N–H and O–H groups in total. The third-order valence-corrected chi connectivity index (χ3v) is 2.44. The Morgan fingerprint density at radius 1 is 1.47 bits per heavy atom. The molecule has 0 aliphatic carbocycles. The fourth-order valence-electron chi connectivity index (χ4n) is 1.51. The zero-order valence-corrected chi connectivity index (χ0v) is 10.9. The van der Waals surface area contributed by atoms with E-state index in [1.807, 2.05) is 0 Å². The molecule has 1 aromatic carbocycles. The minimum absolute atomic E-state index is 0.00951. The lowest BCUT2D eigenvalue weighted by atomic mass is 10.1. The van der Waals surface area contributed by atoms with Crippen LogP contribution in [0, 0.1) is 11.3 Å². The van der Waals surface area contributed by atoms with Crippen LogP contribution in [0.25, 0.3) is 5.69 Å². The Labute approximate surface area is 110 Å². The maximum Gasteiger partial charge on any atom is 0.145 e. The van der Waals surface area contributed by atoms with Crippen molar-refractivity contribution in [1.29, 1.82) is 5.41 Å². The molecule has 0 radical (unpaired) electrons. The Kier molecular flexibility index (Phi) is 3.74. The monoisotopic (exact) mass is 260 g/mol. The van der Waals surface area contributed by atoms with Crippen molar-refractivity contribution in [2.75, 3.05) is 6.61 Å². The zero-order chi connectivity index (χ0) is 13.8. The van der Waals surface area contributed by atoms with Crippen LogP contribution in [0.2, 0.25) is 0 Å². The number of nitrogens with one attached hydrogen (secondary N) is 1. The molecule has 0 amide bonds. The van der Waals surface area contributed by atoms with Crippen LogP contribution in [0.15, 0.2) is 24.5 Å². The zero-order valence-electron chi connectivity index (χ0n) is 10.9. The van der Waals surface area contributed by atoms with Gasteiger partial charge in [-0.05, 0) is 34.5 Å². The lowest BCUT2D eigenvalue weighted by Crippen LogP contribution is -2.13. The standard InChI is InChI=1S/C12H16N6O/c1-8(2)6-19-11-4-3-9(12(13)14)5-10(11)18-7-15-16-17-18/h3-5,7-8H,6H2,1-2H3,(H3,13,14). The summed E-state index contributed by atoms with van der Waals surface area (Å²) in [4.78, 5) is 0. The second kappa shape index (κ2) is 5.47. The highest BCUT2D eigenvalue weighted by Crippen LogP contribution is 2.23. The topological polar surface area (TPSA) is 103 Å². The Hall–Kier alpha value is -2.44. The fraction of sp³-hybridized carbons (Fsp3) is 0.333. The summed E-state index contributed by atoms with van der Waals surface area (Å²) in [6, 6.07) is 5.25. The summed E-state index contributed by atoms with van der Waals surface area (Å²) >= 11 is 0. The molecule has 0 atom stereocenters. The van der Waals surface area contributed by atoms with E-state index < -0.39 is 0 Å². The van der Waals surface area contributed by atoms with Crippen LogP contribution in [-0.2, 0) is 0 Å². The number of benzene rings is 1. The number of nitrogens with zero attached hydrogens (tertiary/aromatic N) is 4. The number of amidine groups is 1. The average molecular weight is 260 g/mol. The summed E-state index contributed by atoms with van der Waals surface area (Å²) < 4.78 is 7.22. The van der Waals surface area contributed by atoms with Gasteiger partial charge in [0.25, 0.3) is 0 Å². The van der Waals surface area contributed by atoms with E-state index in [2.05, 4.69) is 29.4 Å². The SMILES string of the molecule is CC(C)COc1ccc(C(=N)N)cc1-n1cnnn1. The summed E-state index contributed by atoms with van der Waals surface area (Å²) in [5.74, 6) is 1.06. The van der Waals surface area contributed by atoms with Crippen molar-refractivity contribution in [3.63, 3.8) is 0 Å². The molecule has 1 heterocycles. The number of hydrogen-bond acceptors (Lipinski definition) is 5. The number of ether oxygens (including phenoxy) is 1. The molecule has 100 valence electrons. The largest absolute Gasteiger partial charge is 0.491 e. The van der Waals surface area contributed by atoms with Crippen LogP contribution in [0.3, 0.4) is 0 Å². The third kappa shape index (κ3) is 3.06. The molecule has 0 aliphatic heterocycles. The van der Waals surface area contributed by atoms with E-state index in [0.717, 1.165) is 0 Å². The molecule has 2 rings (SSSR count). The van der Waals surface area contributed by atoms with Gasteiger partial charge >= 0.3 is 0 Å². The average Bonchev–Trinajstić information content (AvgIpc) is 2.89. The van der Waals surface area contributed by atoms with Gasteiger partial charge in [-0.1, -0.05) is 13.8 Å². The van der Waals surface area contributed by atoms with Gasteiger partial charge < -0.3 is 10.5 Å². The Balaban J connectivity index is 2.39. The molecule has 7 nitrogen and oxygen atoms in total. The first-order valence-corrected chi connectivity index (χ1v) is 5.92. The second-order valence-electron chi connectivity index (χ2n) is 4.56. The van der Waals surface area contributed by atoms with Gasteiger partial charge in [-0.25, -0.2) is 0 Å². The molecular formula is C12H16N6O. The first-order valence-electron chi connectivity index (χ1n) is 5.92. The predicted octanol–water partition coefficient (Wildman–Crippen LogP) is 0.981. The van der Waals surface area contributed by atoms with Crippen molar-refractivity contribution in [3.8, 4) is 11.4 Å². The summed E-state index contributed by atoms with van der Waals surface area (Å²) in [6.45, 7) is 4.73. The molecule has 0 bridgehead atoms. The molecule has 0 aliphatic rings. The van der Waals surface area contributed by atoms with E-state index >= 15 is 0 Å². The molecule has 0 fully saturated rings. The van der Waals surface area contributed by atoms with E-state index in [1.54, 1.807) is 18.2 Å². The first-order chi connectivity index (χ1) is 9.08. The molecule has 0 saturated heterocycles. The Morgan fingerprint density at radius 3 is 2.84 bits per heavy atom. The summed E-state index contributed by atoms with van der Waals surface area (Å²) in [6.07, 6.45) is 1.47. The second-order valence-corrected chi connectivity index (χ2v) is 4.56. The van der Waals surface area contributed by atoms with Crippen molar-refractivity contribution < 1.29 is 4.74 Å². The molecule has 0 saturated carbocycles. The molecule has 19 heavy (non-hydrogen) atoms. The maximum absolute atomic E-state index is 7.47. The number of nitrogens with two attached hydrogens (primary N) is 1. The highest BCUT2D eigenvalue weighted by molar-refractivity contribution is 5.95. The van der Waals surface area contributed by atoms with Gasteiger partial charge in [0.05, 0.1) is 6.61 Å². The maximum atomic E-state index is 7.47. The normalized spacial score (nSPS) is 10.7. The Bertz CT molecular complexity index is 564. The van der Waals surface area contributed by atoms with E-state index in [0.29, 0.717) is 29.5 Å². The smallest absolute Gasteiger partial charge is 0.145 e. The molecule has 7 heteroatoms. The van der Waals surface area contributed by atoms with Gasteiger partial charge in [-0.2, -0.15) is 4.68 Å². The highest BCUT2D eigenvalue weighted by atomic mass is 16.5. The summed E-state index contributed by atoms with van der Waals surface area (Å²) in [7, 11) is 0. The van der Waals surface area contributed by atoms with Gasteiger partial charge in [0, 0.05) is 5.56 Å². The highest BCUT2D eigenvalue weighted by Gasteiger charge is 2.10. The third-order valence-electron chi connectivity index (χ3n) is 2.44. The van der Waals surface area contributed by atoms with Crippen molar-refractivity contribution in [3.05, 3.63) is 30.1 Å². The fourth-order valence-corrected chi connectivity index (χ4v) is 1.51. The number of nitrogen functional groups attached to an aromatic ring is 1. The van der Waals surface area contributed by atoms with Crippen molar-refractivity contribution >= 4 is 5.84 Å². The summed E-state index contributed by atoms with van der Waals surface area (Å²) in [5.41, 5.74) is 6.75. The van der Waals surface area contributed by atoms with Gasteiger partial charge in [0.15, 0.2) is 0 Å². The van der Waals surface area contributed by atoms with Crippen LogP contribution >= 0.6 is 0 Å². The number of rotatable bonds is 5. The van der Waals surface area contributed by atoms with Gasteiger partial charge in [-0.3, -0.25) is 5.41 Å². The Morgan fingerprint density at radius 2 is 2.26 bits per heavy atom. The lowest BCUT2D eigenvalue weighted by Gasteiger charge is -2.13. The minimum atomic E-state index is -0.00951. The number of tetrazole rings is 1. The molecule has 2 aromatic rings. The number of aromatic nitrogens is 4. The van der Waals surface area contributed by atoms with Crippen molar-refractivity contribution in [1.82, 2.24) is 20.2 Å². The molecule has 0 unspecified atom stereocenters. The first kappa shape index (κ1) is 13.0. The van der Waals surface area contributed by atoms with Crippen LogP contribution in [0.1, 0.15) is 19.4 Å². The lowest BCUT2D eigenvalue weighted by molar-refractivity contribution is 0.270. The van der Waals surface area contributed by atoms with Crippen LogP contribution in [0.5, 0.6) is 5.75 Å². The van der Waals surface area contributed by atoms with E-state index in [1.165, 1.54) is 11.0 Å². The van der Waals surface area contributed by atoms with E-state index in [-0.39, 0.29) is 5.84 Å². The molecule has 0 spiro atoms. The van der Waals surface area contributed by atoms with E-state index in [4.69, 9.17) is 15.9 Å². The minimum Gasteiger partial charge on any atom is -0.491 e. The van der Waals surface area contributed by atoms with Crippen molar-refractivity contribution in [2.45, 2.75) is 13.8 Å². The quantitative estimate of drug-likeness (QED) is 0.616. The van der Waals surface area contributed by atoms with Crippen LogP contribution < -0.4 is 10.5 Å². The van der Waals surface area contributed by atoms with Crippen LogP contribution in [-0.4, -0.2) is 32.6 Å². The van der Waals surface area contributed by atoms with Crippen LogP contribution in [0.4, 0.5) is 0 Å². The van der Waals surface area contributed by atoms with E-state index in [9.17, 15) is 0 Å². The van der Waals surface area contributed by atoms with Crippen molar-refractivity contribution in [2.24, 2.45) is 11.7 Å². The predicted molar refractivity (Wildman–Crippen MR) is 70.5 cm³/mol. The summed E-state index contributed by atoms with van der Waals surface area (Å²) in [5, 5.41) is 18.5. The van der Waals surface area contributed by atoms with Gasteiger partial charge in [0.2, 0.25) is 0 Å². The number of hydrogen-bond donors (Lipinski definition) is 2. The molecule has 1 aromatic heterocycles. The molecular weight excluding hydrogens is 244 g/mol.